The van der Waals surface area contributed by atoms with Crippen LogP contribution in [-0.2, 0) is 13.0 Å². The first-order chi connectivity index (χ1) is 15.6. The zero-order valence-corrected chi connectivity index (χ0v) is 17.2. The molecule has 0 saturated carbocycles. The van der Waals surface area contributed by atoms with Crippen LogP contribution in [0.15, 0.2) is 61.3 Å². The molecule has 3 N–H and O–H groups in total. The Morgan fingerprint density at radius 1 is 1.16 bits per heavy atom. The molecule has 0 spiro atoms. The van der Waals surface area contributed by atoms with Crippen LogP contribution in [-0.4, -0.2) is 40.6 Å². The lowest BCUT2D eigenvalue weighted by molar-refractivity contribution is 0.209. The lowest BCUT2D eigenvalue weighted by Gasteiger charge is -2.09. The maximum atomic E-state index is 11.1. The zero-order chi connectivity index (χ0) is 22.1. The highest BCUT2D eigenvalue weighted by molar-refractivity contribution is 5.90. The summed E-state index contributed by atoms with van der Waals surface area (Å²) in [4.78, 5) is 19.9. The molecule has 0 saturated heterocycles. The van der Waals surface area contributed by atoms with Crippen LogP contribution in [0.5, 0.6) is 0 Å². The molecule has 10 heteroatoms. The predicted octanol–water partition coefficient (Wildman–Crippen LogP) is 3.92. The Kier molecular flexibility index (Phi) is 4.86. The minimum absolute atomic E-state index is 0.495. The summed E-state index contributed by atoms with van der Waals surface area (Å²) in [6.07, 6.45) is 6.18. The standard InChI is InChI=1S/C22H20N8O2/c1-2-17-18(28-22(31)32)12-30-20(17)21(24-13-26-30)27-15-6-7-19-14(9-15)10-25-29(19)11-16-5-3-4-8-23-16/h3-10,12-13,28H,2,11H2,1H3,(H,31,32)(H,24,26,27). The van der Waals surface area contributed by atoms with Gasteiger partial charge in [-0.15, -0.1) is 0 Å². The molecular weight excluding hydrogens is 408 g/mol. The monoisotopic (exact) mass is 428 g/mol. The second kappa shape index (κ2) is 7.99. The summed E-state index contributed by atoms with van der Waals surface area (Å²) >= 11 is 0. The molecular formula is C22H20N8O2. The van der Waals surface area contributed by atoms with Crippen LogP contribution in [0, 0.1) is 0 Å². The van der Waals surface area contributed by atoms with Crippen LogP contribution in [0.3, 0.4) is 0 Å². The Hall–Kier alpha value is -4.47. The third-order valence-corrected chi connectivity index (χ3v) is 5.22. The van der Waals surface area contributed by atoms with E-state index in [1.165, 1.54) is 6.33 Å². The number of nitrogens with one attached hydrogen (secondary N) is 2. The topological polar surface area (TPSA) is 122 Å². The molecule has 0 aliphatic carbocycles. The van der Waals surface area contributed by atoms with Gasteiger partial charge in [0.1, 0.15) is 11.8 Å². The number of pyridine rings is 1. The van der Waals surface area contributed by atoms with Crippen molar-refractivity contribution in [3.8, 4) is 0 Å². The van der Waals surface area contributed by atoms with Gasteiger partial charge < -0.3 is 10.4 Å². The van der Waals surface area contributed by atoms with Crippen molar-refractivity contribution >= 4 is 39.7 Å². The molecule has 4 aromatic heterocycles. The number of nitrogens with zero attached hydrogens (tertiary/aromatic N) is 6. The second-order valence-corrected chi connectivity index (χ2v) is 7.23. The number of hydrogen-bond acceptors (Lipinski definition) is 6. The predicted molar refractivity (Wildman–Crippen MR) is 120 cm³/mol. The lowest BCUT2D eigenvalue weighted by Crippen LogP contribution is -2.07. The van der Waals surface area contributed by atoms with Crippen LogP contribution >= 0.6 is 0 Å². The molecule has 0 unspecified atom stereocenters. The maximum absolute atomic E-state index is 11.1. The number of amides is 1. The van der Waals surface area contributed by atoms with Crippen LogP contribution in [0.1, 0.15) is 18.2 Å². The summed E-state index contributed by atoms with van der Waals surface area (Å²) in [5.41, 5.74) is 4.82. The summed E-state index contributed by atoms with van der Waals surface area (Å²) in [7, 11) is 0. The molecule has 4 heterocycles. The van der Waals surface area contributed by atoms with Gasteiger partial charge in [-0.25, -0.2) is 14.3 Å². The molecule has 0 atom stereocenters. The SMILES string of the molecule is CCc1c(NC(=O)O)cn2ncnc(Nc3ccc4c(cnn4Cc4ccccn4)c3)c12. The first-order valence-electron chi connectivity index (χ1n) is 10.1. The number of carbonyl (C=O) groups is 1. The number of anilines is 3. The molecule has 0 bridgehead atoms. The van der Waals surface area contributed by atoms with E-state index in [1.807, 2.05) is 54.2 Å². The largest absolute Gasteiger partial charge is 0.465 e. The van der Waals surface area contributed by atoms with Crippen molar-refractivity contribution in [2.45, 2.75) is 19.9 Å². The number of aromatic nitrogens is 6. The number of hydrogen-bond donors (Lipinski definition) is 3. The Morgan fingerprint density at radius 2 is 2.06 bits per heavy atom. The fraction of sp³-hybridized carbons (Fsp3) is 0.136. The molecule has 0 radical (unpaired) electrons. The molecule has 1 amide bonds. The molecule has 5 aromatic rings. The minimum atomic E-state index is -1.12. The van der Waals surface area contributed by atoms with E-state index in [0.29, 0.717) is 24.5 Å². The normalized spacial score (nSPS) is 11.2. The number of rotatable bonds is 6. The van der Waals surface area contributed by atoms with Crippen LogP contribution in [0.2, 0.25) is 0 Å². The molecule has 0 fully saturated rings. The molecule has 160 valence electrons. The van der Waals surface area contributed by atoms with Gasteiger partial charge in [0.2, 0.25) is 0 Å². The molecule has 5 rings (SSSR count). The summed E-state index contributed by atoms with van der Waals surface area (Å²) < 4.78 is 3.54. The van der Waals surface area contributed by atoms with E-state index >= 15 is 0 Å². The summed E-state index contributed by atoms with van der Waals surface area (Å²) in [5, 5.41) is 24.6. The molecule has 10 nitrogen and oxygen atoms in total. The highest BCUT2D eigenvalue weighted by atomic mass is 16.4. The van der Waals surface area contributed by atoms with Gasteiger partial charge in [-0.1, -0.05) is 13.0 Å². The zero-order valence-electron chi connectivity index (χ0n) is 17.2. The summed E-state index contributed by atoms with van der Waals surface area (Å²) in [6.45, 7) is 2.55. The Morgan fingerprint density at radius 3 is 2.84 bits per heavy atom. The first kappa shape index (κ1) is 19.5. The quantitative estimate of drug-likeness (QED) is 0.375. The van der Waals surface area contributed by atoms with Gasteiger partial charge in [0.25, 0.3) is 0 Å². The highest BCUT2D eigenvalue weighted by Gasteiger charge is 2.16. The fourth-order valence-corrected chi connectivity index (χ4v) is 3.82. The van der Waals surface area contributed by atoms with Crippen LogP contribution in [0.25, 0.3) is 16.4 Å². The van der Waals surface area contributed by atoms with Crippen LogP contribution in [0.4, 0.5) is 22.0 Å². The van der Waals surface area contributed by atoms with Gasteiger partial charge in [0.15, 0.2) is 5.82 Å². The van der Waals surface area contributed by atoms with Crippen molar-refractivity contribution in [2.24, 2.45) is 0 Å². The Bertz CT molecular complexity index is 1420. The Labute approximate surface area is 182 Å². The smallest absolute Gasteiger partial charge is 0.409 e. The minimum Gasteiger partial charge on any atom is -0.465 e. The van der Waals surface area contributed by atoms with E-state index in [1.54, 1.807) is 16.9 Å². The average molecular weight is 428 g/mol. The van der Waals surface area contributed by atoms with Gasteiger partial charge in [-0.3, -0.25) is 15.0 Å². The highest BCUT2D eigenvalue weighted by Crippen LogP contribution is 2.30. The molecule has 0 aliphatic rings. The summed E-state index contributed by atoms with van der Waals surface area (Å²) in [6, 6.07) is 11.8. The number of fused-ring (bicyclic) bond motifs is 2. The van der Waals surface area contributed by atoms with E-state index in [2.05, 4.69) is 30.8 Å². The van der Waals surface area contributed by atoms with Gasteiger partial charge in [-0.2, -0.15) is 10.2 Å². The second-order valence-electron chi connectivity index (χ2n) is 7.23. The maximum Gasteiger partial charge on any atom is 0.409 e. The average Bonchev–Trinajstić information content (AvgIpc) is 3.35. The molecule has 0 aliphatic heterocycles. The Balaban J connectivity index is 1.48. The molecule has 1 aromatic carbocycles. The van der Waals surface area contributed by atoms with Crippen molar-refractivity contribution < 1.29 is 9.90 Å². The van der Waals surface area contributed by atoms with Gasteiger partial charge in [0.05, 0.1) is 35.8 Å². The van der Waals surface area contributed by atoms with Crippen molar-refractivity contribution in [3.05, 3.63) is 72.6 Å². The van der Waals surface area contributed by atoms with Crippen LogP contribution < -0.4 is 10.6 Å². The van der Waals surface area contributed by atoms with Crippen molar-refractivity contribution in [1.82, 2.24) is 29.4 Å². The first-order valence-corrected chi connectivity index (χ1v) is 10.1. The van der Waals surface area contributed by atoms with E-state index in [-0.39, 0.29) is 0 Å². The number of benzene rings is 1. The number of aryl methyl sites for hydroxylation is 1. The van der Waals surface area contributed by atoms with Gasteiger partial charge in [0, 0.05) is 22.8 Å². The third-order valence-electron chi connectivity index (χ3n) is 5.22. The summed E-state index contributed by atoms with van der Waals surface area (Å²) in [5.74, 6) is 0.593. The lowest BCUT2D eigenvalue weighted by atomic mass is 10.2. The van der Waals surface area contributed by atoms with Crippen molar-refractivity contribution in [1.29, 1.82) is 0 Å². The third kappa shape index (κ3) is 3.58. The van der Waals surface area contributed by atoms with Crippen molar-refractivity contribution in [3.63, 3.8) is 0 Å². The van der Waals surface area contributed by atoms with E-state index in [0.717, 1.165) is 33.4 Å². The van der Waals surface area contributed by atoms with E-state index < -0.39 is 6.09 Å². The van der Waals surface area contributed by atoms with Gasteiger partial charge >= 0.3 is 6.09 Å². The van der Waals surface area contributed by atoms with E-state index in [4.69, 9.17) is 5.11 Å². The molecule has 32 heavy (non-hydrogen) atoms. The van der Waals surface area contributed by atoms with E-state index in [9.17, 15) is 4.79 Å². The number of carboxylic acid groups (broad SMARTS) is 1. The van der Waals surface area contributed by atoms with Gasteiger partial charge in [-0.05, 0) is 36.8 Å². The van der Waals surface area contributed by atoms with Crippen molar-refractivity contribution in [2.75, 3.05) is 10.6 Å². The fourth-order valence-electron chi connectivity index (χ4n) is 3.82.